The number of aromatic nitrogens is 1. The molecule has 0 aliphatic heterocycles. The molecule has 5 heteroatoms. The van der Waals surface area contributed by atoms with Crippen molar-refractivity contribution in [3.05, 3.63) is 71.1 Å². The van der Waals surface area contributed by atoms with Crippen LogP contribution in [-0.2, 0) is 0 Å². The molecule has 0 radical (unpaired) electrons. The number of pyridine rings is 1. The average molecular weight is 301 g/mol. The molecule has 1 N–H and O–H groups in total. The van der Waals surface area contributed by atoms with Gasteiger partial charge in [-0.3, -0.25) is 9.78 Å². The second-order valence-electron chi connectivity index (χ2n) is 4.46. The van der Waals surface area contributed by atoms with E-state index in [4.69, 9.17) is 11.6 Å². The molecule has 0 spiro atoms. The normalized spacial score (nSPS) is 10.6. The number of rotatable bonds is 2. The number of para-hydroxylation sites is 1. The van der Waals surface area contributed by atoms with E-state index in [1.54, 1.807) is 12.3 Å². The molecule has 0 bridgehead atoms. The van der Waals surface area contributed by atoms with Crippen molar-refractivity contribution < 1.29 is 9.18 Å². The number of amides is 1. The van der Waals surface area contributed by atoms with E-state index in [1.807, 2.05) is 24.3 Å². The zero-order valence-electron chi connectivity index (χ0n) is 10.8. The van der Waals surface area contributed by atoms with Crippen LogP contribution in [0.3, 0.4) is 0 Å². The van der Waals surface area contributed by atoms with Crippen molar-refractivity contribution >= 4 is 34.1 Å². The Morgan fingerprint density at radius 3 is 2.76 bits per heavy atom. The van der Waals surface area contributed by atoms with Gasteiger partial charge in [-0.2, -0.15) is 0 Å². The maximum Gasteiger partial charge on any atom is 0.257 e. The van der Waals surface area contributed by atoms with Gasteiger partial charge in [0, 0.05) is 11.6 Å². The molecular weight excluding hydrogens is 291 g/mol. The third kappa shape index (κ3) is 2.71. The molecule has 0 saturated heterocycles. The summed E-state index contributed by atoms with van der Waals surface area (Å²) in [7, 11) is 0. The van der Waals surface area contributed by atoms with Crippen molar-refractivity contribution in [1.82, 2.24) is 4.98 Å². The molecular formula is C16H10ClFN2O. The highest BCUT2D eigenvalue weighted by molar-refractivity contribution is 6.34. The lowest BCUT2D eigenvalue weighted by atomic mass is 10.1. The fraction of sp³-hybridized carbons (Fsp3) is 0. The van der Waals surface area contributed by atoms with Crippen LogP contribution in [0.25, 0.3) is 10.9 Å². The van der Waals surface area contributed by atoms with Crippen LogP contribution in [0.1, 0.15) is 10.4 Å². The summed E-state index contributed by atoms with van der Waals surface area (Å²) >= 11 is 5.89. The number of anilines is 1. The number of nitrogens with zero attached hydrogens (tertiary/aromatic N) is 1. The molecule has 104 valence electrons. The minimum atomic E-state index is -0.483. The molecule has 3 nitrogen and oxygen atoms in total. The van der Waals surface area contributed by atoms with Gasteiger partial charge in [0.1, 0.15) is 5.82 Å². The van der Waals surface area contributed by atoms with Gasteiger partial charge in [0.2, 0.25) is 0 Å². The van der Waals surface area contributed by atoms with Crippen molar-refractivity contribution in [1.29, 1.82) is 0 Å². The monoisotopic (exact) mass is 300 g/mol. The summed E-state index contributed by atoms with van der Waals surface area (Å²) in [5.41, 5.74) is 1.48. The van der Waals surface area contributed by atoms with Crippen LogP contribution in [0.15, 0.2) is 54.7 Å². The number of fused-ring (bicyclic) bond motifs is 1. The van der Waals surface area contributed by atoms with Gasteiger partial charge in [-0.1, -0.05) is 29.8 Å². The zero-order valence-corrected chi connectivity index (χ0v) is 11.6. The Kier molecular flexibility index (Phi) is 3.54. The maximum atomic E-state index is 13.0. The van der Waals surface area contributed by atoms with E-state index in [2.05, 4.69) is 10.3 Å². The molecule has 21 heavy (non-hydrogen) atoms. The van der Waals surface area contributed by atoms with E-state index in [-0.39, 0.29) is 10.6 Å². The fourth-order valence-electron chi connectivity index (χ4n) is 2.07. The average Bonchev–Trinajstić information content (AvgIpc) is 2.47. The summed E-state index contributed by atoms with van der Waals surface area (Å²) in [6.45, 7) is 0. The van der Waals surface area contributed by atoms with E-state index in [0.717, 1.165) is 11.5 Å². The Hall–Kier alpha value is -2.46. The Labute approximate surface area is 125 Å². The lowest BCUT2D eigenvalue weighted by Crippen LogP contribution is -2.13. The first kappa shape index (κ1) is 13.5. The van der Waals surface area contributed by atoms with Crippen LogP contribution in [-0.4, -0.2) is 10.9 Å². The Balaban J connectivity index is 1.97. The molecule has 0 aliphatic carbocycles. The van der Waals surface area contributed by atoms with E-state index >= 15 is 0 Å². The second kappa shape index (κ2) is 5.50. The van der Waals surface area contributed by atoms with Crippen LogP contribution in [0.2, 0.25) is 5.02 Å². The number of halogens is 2. The van der Waals surface area contributed by atoms with Crippen LogP contribution in [0.4, 0.5) is 10.1 Å². The first-order valence-electron chi connectivity index (χ1n) is 6.25. The molecule has 0 saturated carbocycles. The number of benzene rings is 2. The first-order valence-corrected chi connectivity index (χ1v) is 6.63. The largest absolute Gasteiger partial charge is 0.320 e. The van der Waals surface area contributed by atoms with Crippen LogP contribution < -0.4 is 5.32 Å². The summed E-state index contributed by atoms with van der Waals surface area (Å²) in [6, 6.07) is 12.9. The summed E-state index contributed by atoms with van der Waals surface area (Å²) in [5.74, 6) is -0.887. The quantitative estimate of drug-likeness (QED) is 0.767. The van der Waals surface area contributed by atoms with Crippen molar-refractivity contribution in [3.8, 4) is 0 Å². The van der Waals surface area contributed by atoms with Gasteiger partial charge >= 0.3 is 0 Å². The highest BCUT2D eigenvalue weighted by Crippen LogP contribution is 2.23. The van der Waals surface area contributed by atoms with Crippen LogP contribution in [0.5, 0.6) is 0 Å². The molecule has 0 aliphatic rings. The smallest absolute Gasteiger partial charge is 0.257 e. The van der Waals surface area contributed by atoms with E-state index in [9.17, 15) is 9.18 Å². The topological polar surface area (TPSA) is 42.0 Å². The van der Waals surface area contributed by atoms with E-state index < -0.39 is 11.7 Å². The van der Waals surface area contributed by atoms with Gasteiger partial charge in [0.15, 0.2) is 0 Å². The highest BCUT2D eigenvalue weighted by atomic mass is 35.5. The van der Waals surface area contributed by atoms with Crippen molar-refractivity contribution in [2.45, 2.75) is 0 Å². The fourth-order valence-corrected chi connectivity index (χ4v) is 2.32. The van der Waals surface area contributed by atoms with Gasteiger partial charge in [0.25, 0.3) is 5.91 Å². The molecule has 1 amide bonds. The van der Waals surface area contributed by atoms with E-state index in [0.29, 0.717) is 11.2 Å². The molecule has 0 atom stereocenters. The van der Waals surface area contributed by atoms with Gasteiger partial charge in [0.05, 0.1) is 21.8 Å². The SMILES string of the molecule is O=C(Nc1cccc2cccnc12)c1ccc(F)cc1Cl. The summed E-state index contributed by atoms with van der Waals surface area (Å²) in [5, 5.41) is 3.74. The third-order valence-corrected chi connectivity index (χ3v) is 3.37. The summed E-state index contributed by atoms with van der Waals surface area (Å²) in [4.78, 5) is 16.5. The summed E-state index contributed by atoms with van der Waals surface area (Å²) in [6.07, 6.45) is 1.66. The minimum Gasteiger partial charge on any atom is -0.320 e. The Bertz CT molecular complexity index is 830. The Morgan fingerprint density at radius 2 is 1.95 bits per heavy atom. The predicted molar refractivity (Wildman–Crippen MR) is 81.1 cm³/mol. The lowest BCUT2D eigenvalue weighted by molar-refractivity contribution is 0.102. The molecule has 1 heterocycles. The van der Waals surface area contributed by atoms with Crippen LogP contribution in [0, 0.1) is 5.82 Å². The standard InChI is InChI=1S/C16H10ClFN2O/c17-13-9-11(18)6-7-12(13)16(21)20-14-5-1-3-10-4-2-8-19-15(10)14/h1-9H,(H,20,21). The zero-order chi connectivity index (χ0) is 14.8. The predicted octanol–water partition coefficient (Wildman–Crippen LogP) is 4.28. The van der Waals surface area contributed by atoms with Gasteiger partial charge in [-0.05, 0) is 30.3 Å². The Morgan fingerprint density at radius 1 is 1.14 bits per heavy atom. The lowest BCUT2D eigenvalue weighted by Gasteiger charge is -2.09. The minimum absolute atomic E-state index is 0.0701. The van der Waals surface area contributed by atoms with Crippen molar-refractivity contribution in [2.75, 3.05) is 5.32 Å². The second-order valence-corrected chi connectivity index (χ2v) is 4.87. The number of carbonyl (C=O) groups excluding carboxylic acids is 1. The number of hydrogen-bond acceptors (Lipinski definition) is 2. The van der Waals surface area contributed by atoms with Gasteiger partial charge in [-0.15, -0.1) is 0 Å². The first-order chi connectivity index (χ1) is 10.1. The number of nitrogens with one attached hydrogen (secondary N) is 1. The van der Waals surface area contributed by atoms with Gasteiger partial charge in [-0.25, -0.2) is 4.39 Å². The molecule has 3 rings (SSSR count). The van der Waals surface area contributed by atoms with E-state index in [1.165, 1.54) is 12.1 Å². The maximum absolute atomic E-state index is 13.0. The molecule has 2 aromatic carbocycles. The molecule has 1 aromatic heterocycles. The van der Waals surface area contributed by atoms with Crippen molar-refractivity contribution in [2.24, 2.45) is 0 Å². The molecule has 0 fully saturated rings. The molecule has 0 unspecified atom stereocenters. The van der Waals surface area contributed by atoms with Crippen LogP contribution >= 0.6 is 11.6 Å². The number of carbonyl (C=O) groups is 1. The highest BCUT2D eigenvalue weighted by Gasteiger charge is 2.12. The molecule has 3 aromatic rings. The van der Waals surface area contributed by atoms with Gasteiger partial charge < -0.3 is 5.32 Å². The number of hydrogen-bond donors (Lipinski definition) is 1. The van der Waals surface area contributed by atoms with Crippen molar-refractivity contribution in [3.63, 3.8) is 0 Å². The summed E-state index contributed by atoms with van der Waals surface area (Å²) < 4.78 is 13.0. The third-order valence-electron chi connectivity index (χ3n) is 3.06.